The molecular formula is C11H23NO2. The Kier molecular flexibility index (Phi) is 4.35. The largest absolute Gasteiger partial charge is 0.396 e. The van der Waals surface area contributed by atoms with E-state index in [0.29, 0.717) is 12.5 Å². The summed E-state index contributed by atoms with van der Waals surface area (Å²) in [6.07, 6.45) is 3.14. The van der Waals surface area contributed by atoms with Gasteiger partial charge in [-0.25, -0.2) is 0 Å². The van der Waals surface area contributed by atoms with Crippen molar-refractivity contribution in [3.8, 4) is 0 Å². The van der Waals surface area contributed by atoms with E-state index in [9.17, 15) is 5.11 Å². The Morgan fingerprint density at radius 1 is 1.43 bits per heavy atom. The molecule has 1 rings (SSSR count). The molecular weight excluding hydrogens is 178 g/mol. The van der Waals surface area contributed by atoms with E-state index in [1.165, 1.54) is 6.42 Å². The highest BCUT2D eigenvalue weighted by Gasteiger charge is 2.21. The van der Waals surface area contributed by atoms with Crippen molar-refractivity contribution >= 4 is 0 Å². The summed E-state index contributed by atoms with van der Waals surface area (Å²) >= 11 is 0. The van der Waals surface area contributed by atoms with Crippen LogP contribution in [0.4, 0.5) is 0 Å². The normalized spacial score (nSPS) is 25.3. The van der Waals surface area contributed by atoms with Crippen molar-refractivity contribution in [2.24, 2.45) is 5.92 Å². The molecule has 1 saturated heterocycles. The van der Waals surface area contributed by atoms with Crippen LogP contribution in [0.2, 0.25) is 0 Å². The average Bonchev–Trinajstić information content (AvgIpc) is 2.14. The second-order valence-corrected chi connectivity index (χ2v) is 5.05. The van der Waals surface area contributed by atoms with Gasteiger partial charge in [0.05, 0.1) is 5.60 Å². The summed E-state index contributed by atoms with van der Waals surface area (Å²) < 4.78 is 0. The highest BCUT2D eigenvalue weighted by molar-refractivity contribution is 4.75. The fourth-order valence-electron chi connectivity index (χ4n) is 1.94. The summed E-state index contributed by atoms with van der Waals surface area (Å²) in [5.74, 6) is 0.450. The maximum absolute atomic E-state index is 9.60. The van der Waals surface area contributed by atoms with Gasteiger partial charge in [-0.2, -0.15) is 0 Å². The lowest BCUT2D eigenvalue weighted by molar-refractivity contribution is 0.0460. The minimum atomic E-state index is -0.563. The lowest BCUT2D eigenvalue weighted by Gasteiger charge is -2.33. The molecule has 0 aromatic carbocycles. The summed E-state index contributed by atoms with van der Waals surface area (Å²) in [5, 5.41) is 18.7. The summed E-state index contributed by atoms with van der Waals surface area (Å²) in [6, 6.07) is 0. The van der Waals surface area contributed by atoms with Crippen molar-refractivity contribution in [2.75, 3.05) is 26.2 Å². The first-order chi connectivity index (χ1) is 6.51. The van der Waals surface area contributed by atoms with Gasteiger partial charge >= 0.3 is 0 Å². The molecule has 1 unspecified atom stereocenters. The first-order valence-corrected chi connectivity index (χ1v) is 5.57. The third-order valence-corrected chi connectivity index (χ3v) is 2.90. The average molecular weight is 201 g/mol. The van der Waals surface area contributed by atoms with Crippen molar-refractivity contribution in [3.05, 3.63) is 0 Å². The Morgan fingerprint density at radius 2 is 2.14 bits per heavy atom. The molecule has 1 aliphatic heterocycles. The number of nitrogens with zero attached hydrogens (tertiary/aromatic N) is 1. The molecule has 3 nitrogen and oxygen atoms in total. The zero-order valence-corrected chi connectivity index (χ0v) is 9.37. The Labute approximate surface area is 86.7 Å². The van der Waals surface area contributed by atoms with Gasteiger partial charge in [0, 0.05) is 19.7 Å². The second kappa shape index (κ2) is 5.10. The molecule has 0 spiro atoms. The standard InChI is InChI=1S/C11H23NO2/c1-11(2,14)5-7-12-6-3-4-10(8-12)9-13/h10,13-14H,3-9H2,1-2H3. The van der Waals surface area contributed by atoms with Crippen LogP contribution >= 0.6 is 0 Å². The fraction of sp³-hybridized carbons (Fsp3) is 1.00. The minimum Gasteiger partial charge on any atom is -0.396 e. The molecule has 0 bridgehead atoms. The lowest BCUT2D eigenvalue weighted by Crippen LogP contribution is -2.39. The molecule has 1 fully saturated rings. The molecule has 3 heteroatoms. The van der Waals surface area contributed by atoms with Crippen molar-refractivity contribution in [1.82, 2.24) is 4.90 Å². The molecule has 1 heterocycles. The van der Waals surface area contributed by atoms with Crippen LogP contribution in [0, 0.1) is 5.92 Å². The van der Waals surface area contributed by atoms with Gasteiger partial charge in [-0.1, -0.05) is 0 Å². The van der Waals surface area contributed by atoms with Gasteiger partial charge in [-0.05, 0) is 45.6 Å². The third-order valence-electron chi connectivity index (χ3n) is 2.90. The van der Waals surface area contributed by atoms with Gasteiger partial charge in [-0.3, -0.25) is 0 Å². The fourth-order valence-corrected chi connectivity index (χ4v) is 1.94. The van der Waals surface area contributed by atoms with Crippen LogP contribution in [0.3, 0.4) is 0 Å². The van der Waals surface area contributed by atoms with Crippen LogP contribution in [0.5, 0.6) is 0 Å². The van der Waals surface area contributed by atoms with E-state index in [-0.39, 0.29) is 0 Å². The van der Waals surface area contributed by atoms with Crippen LogP contribution in [-0.4, -0.2) is 47.0 Å². The van der Waals surface area contributed by atoms with Gasteiger partial charge in [0.1, 0.15) is 0 Å². The minimum absolute atomic E-state index is 0.305. The molecule has 0 aliphatic carbocycles. The number of hydrogen-bond acceptors (Lipinski definition) is 3. The molecule has 1 atom stereocenters. The highest BCUT2D eigenvalue weighted by Crippen LogP contribution is 2.17. The van der Waals surface area contributed by atoms with Crippen molar-refractivity contribution < 1.29 is 10.2 Å². The summed E-state index contributed by atoms with van der Waals surface area (Å²) in [5.41, 5.74) is -0.563. The summed E-state index contributed by atoms with van der Waals surface area (Å²) in [4.78, 5) is 2.35. The van der Waals surface area contributed by atoms with Crippen molar-refractivity contribution in [1.29, 1.82) is 0 Å². The van der Waals surface area contributed by atoms with E-state index in [1.807, 2.05) is 13.8 Å². The van der Waals surface area contributed by atoms with Crippen LogP contribution in [0.15, 0.2) is 0 Å². The Hall–Kier alpha value is -0.120. The van der Waals surface area contributed by atoms with E-state index in [4.69, 9.17) is 5.11 Å². The predicted octanol–water partition coefficient (Wildman–Crippen LogP) is 0.852. The van der Waals surface area contributed by atoms with Gasteiger partial charge in [0.2, 0.25) is 0 Å². The van der Waals surface area contributed by atoms with Crippen LogP contribution in [-0.2, 0) is 0 Å². The SMILES string of the molecule is CC(C)(O)CCN1CCCC(CO)C1. The molecule has 2 N–H and O–H groups in total. The Balaban J connectivity index is 2.24. The van der Waals surface area contributed by atoms with Crippen molar-refractivity contribution in [3.63, 3.8) is 0 Å². The first kappa shape index (κ1) is 12.0. The number of rotatable bonds is 4. The molecule has 14 heavy (non-hydrogen) atoms. The van der Waals surface area contributed by atoms with E-state index >= 15 is 0 Å². The number of piperidine rings is 1. The maximum Gasteiger partial charge on any atom is 0.0603 e. The van der Waals surface area contributed by atoms with Crippen molar-refractivity contribution in [2.45, 2.75) is 38.7 Å². The molecule has 0 aromatic heterocycles. The van der Waals surface area contributed by atoms with Gasteiger partial charge in [0.25, 0.3) is 0 Å². The predicted molar refractivity (Wildman–Crippen MR) is 57.2 cm³/mol. The molecule has 1 aliphatic rings. The maximum atomic E-state index is 9.60. The molecule has 84 valence electrons. The quantitative estimate of drug-likeness (QED) is 0.709. The number of hydrogen-bond donors (Lipinski definition) is 2. The zero-order valence-electron chi connectivity index (χ0n) is 9.37. The molecule has 0 aromatic rings. The monoisotopic (exact) mass is 201 g/mol. The molecule has 0 amide bonds. The number of aliphatic hydroxyl groups excluding tert-OH is 1. The summed E-state index contributed by atoms with van der Waals surface area (Å²) in [7, 11) is 0. The Bertz CT molecular complexity index is 165. The summed E-state index contributed by atoms with van der Waals surface area (Å²) in [6.45, 7) is 7.05. The second-order valence-electron chi connectivity index (χ2n) is 5.05. The van der Waals surface area contributed by atoms with E-state index in [0.717, 1.165) is 32.5 Å². The van der Waals surface area contributed by atoms with Crippen LogP contribution < -0.4 is 0 Å². The topological polar surface area (TPSA) is 43.7 Å². The first-order valence-electron chi connectivity index (χ1n) is 5.57. The number of likely N-dealkylation sites (tertiary alicyclic amines) is 1. The van der Waals surface area contributed by atoms with Gasteiger partial charge in [-0.15, -0.1) is 0 Å². The van der Waals surface area contributed by atoms with Crippen LogP contribution in [0.25, 0.3) is 0 Å². The molecule has 0 radical (unpaired) electrons. The smallest absolute Gasteiger partial charge is 0.0603 e. The van der Waals surface area contributed by atoms with Gasteiger partial charge in [0.15, 0.2) is 0 Å². The number of aliphatic hydroxyl groups is 2. The molecule has 0 saturated carbocycles. The van der Waals surface area contributed by atoms with Gasteiger partial charge < -0.3 is 15.1 Å². The van der Waals surface area contributed by atoms with E-state index < -0.39 is 5.60 Å². The van der Waals surface area contributed by atoms with E-state index in [2.05, 4.69) is 4.90 Å². The third kappa shape index (κ3) is 4.40. The Morgan fingerprint density at radius 3 is 2.71 bits per heavy atom. The van der Waals surface area contributed by atoms with Crippen LogP contribution in [0.1, 0.15) is 33.1 Å². The zero-order chi connectivity index (χ0) is 10.6. The lowest BCUT2D eigenvalue weighted by atomic mass is 9.97. The highest BCUT2D eigenvalue weighted by atomic mass is 16.3. The van der Waals surface area contributed by atoms with E-state index in [1.54, 1.807) is 0 Å².